The Hall–Kier alpha value is -1.04. The molecule has 0 aliphatic heterocycles. The lowest BCUT2D eigenvalue weighted by atomic mass is 9.66. The molecule has 0 atom stereocenters. The molecule has 15 heavy (non-hydrogen) atoms. The topological polar surface area (TPSA) is 54.7 Å². The first-order chi connectivity index (χ1) is 6.98. The zero-order valence-electron chi connectivity index (χ0n) is 8.06. The van der Waals surface area contributed by atoms with Crippen molar-refractivity contribution in [3.05, 3.63) is 17.5 Å². The number of hydrogen-bond donors (Lipinski definition) is 2. The first-order valence-corrected chi connectivity index (χ1v) is 4.81. The lowest BCUT2D eigenvalue weighted by Crippen LogP contribution is -2.41. The smallest absolute Gasteiger partial charge is 0.330 e. The number of nitrogens with two attached hydrogens (primary N) is 1. The van der Waals surface area contributed by atoms with E-state index < -0.39 is 11.9 Å². The van der Waals surface area contributed by atoms with E-state index in [2.05, 4.69) is 10.2 Å². The molecular formula is C9H12F3N3. The number of halogens is 3. The van der Waals surface area contributed by atoms with E-state index in [1.807, 2.05) is 0 Å². The van der Waals surface area contributed by atoms with E-state index >= 15 is 0 Å². The van der Waals surface area contributed by atoms with Gasteiger partial charge in [-0.05, 0) is 18.9 Å². The molecule has 0 radical (unpaired) electrons. The van der Waals surface area contributed by atoms with Crippen molar-refractivity contribution in [3.8, 4) is 0 Å². The van der Waals surface area contributed by atoms with E-state index in [0.29, 0.717) is 12.2 Å². The van der Waals surface area contributed by atoms with Crippen LogP contribution in [0.2, 0.25) is 0 Å². The Labute approximate surface area is 84.8 Å². The van der Waals surface area contributed by atoms with Crippen molar-refractivity contribution in [1.29, 1.82) is 0 Å². The fourth-order valence-corrected chi connectivity index (χ4v) is 1.93. The zero-order valence-corrected chi connectivity index (χ0v) is 8.06. The van der Waals surface area contributed by atoms with Crippen LogP contribution in [0.25, 0.3) is 0 Å². The molecule has 84 valence electrons. The van der Waals surface area contributed by atoms with Crippen molar-refractivity contribution in [2.24, 2.45) is 5.73 Å². The highest BCUT2D eigenvalue weighted by Crippen LogP contribution is 2.43. The van der Waals surface area contributed by atoms with Crippen molar-refractivity contribution >= 4 is 0 Å². The fourth-order valence-electron chi connectivity index (χ4n) is 1.93. The molecule has 1 aliphatic carbocycles. The molecule has 0 bridgehead atoms. The molecule has 1 heterocycles. The molecule has 1 aromatic rings. The lowest BCUT2D eigenvalue weighted by molar-refractivity contribution is -0.141. The van der Waals surface area contributed by atoms with Crippen LogP contribution < -0.4 is 5.73 Å². The monoisotopic (exact) mass is 219 g/mol. The lowest BCUT2D eigenvalue weighted by Gasteiger charge is -2.39. The fraction of sp³-hybridized carbons (Fsp3) is 0.667. The van der Waals surface area contributed by atoms with Gasteiger partial charge in [0.25, 0.3) is 0 Å². The number of nitrogens with zero attached hydrogens (tertiary/aromatic N) is 1. The van der Waals surface area contributed by atoms with E-state index in [9.17, 15) is 13.2 Å². The second-order valence-electron chi connectivity index (χ2n) is 4.00. The first kappa shape index (κ1) is 10.5. The highest BCUT2D eigenvalue weighted by Gasteiger charge is 2.41. The van der Waals surface area contributed by atoms with Crippen molar-refractivity contribution in [2.75, 3.05) is 6.54 Å². The summed E-state index contributed by atoms with van der Waals surface area (Å²) in [7, 11) is 0. The number of aromatic nitrogens is 2. The second kappa shape index (κ2) is 3.23. The molecule has 0 unspecified atom stereocenters. The normalized spacial score (nSPS) is 20.0. The summed E-state index contributed by atoms with van der Waals surface area (Å²) < 4.78 is 36.9. The van der Waals surface area contributed by atoms with Crippen molar-refractivity contribution < 1.29 is 13.2 Å². The quantitative estimate of drug-likeness (QED) is 0.797. The highest BCUT2D eigenvalue weighted by atomic mass is 19.4. The molecule has 0 aromatic carbocycles. The van der Waals surface area contributed by atoms with Gasteiger partial charge in [0, 0.05) is 17.7 Å². The van der Waals surface area contributed by atoms with Gasteiger partial charge < -0.3 is 5.73 Å². The molecule has 1 aromatic heterocycles. The summed E-state index contributed by atoms with van der Waals surface area (Å²) >= 11 is 0. The summed E-state index contributed by atoms with van der Waals surface area (Å²) in [6, 6.07) is 1.08. The summed E-state index contributed by atoms with van der Waals surface area (Å²) in [5.41, 5.74) is 4.95. The second-order valence-corrected chi connectivity index (χ2v) is 4.00. The summed E-state index contributed by atoms with van der Waals surface area (Å²) in [6.45, 7) is 0.368. The molecule has 3 nitrogen and oxygen atoms in total. The van der Waals surface area contributed by atoms with E-state index in [-0.39, 0.29) is 5.41 Å². The Balaban J connectivity index is 2.27. The molecule has 3 N–H and O–H groups in total. The van der Waals surface area contributed by atoms with Crippen LogP contribution in [0.5, 0.6) is 0 Å². The van der Waals surface area contributed by atoms with E-state index in [4.69, 9.17) is 5.73 Å². The number of rotatable bonds is 2. The van der Waals surface area contributed by atoms with E-state index in [0.717, 1.165) is 25.3 Å². The largest absolute Gasteiger partial charge is 0.435 e. The third-order valence-electron chi connectivity index (χ3n) is 3.14. The Kier molecular flexibility index (Phi) is 2.26. The highest BCUT2D eigenvalue weighted by molar-refractivity contribution is 5.24. The minimum atomic E-state index is -4.38. The van der Waals surface area contributed by atoms with Crippen LogP contribution in [0.3, 0.4) is 0 Å². The van der Waals surface area contributed by atoms with Gasteiger partial charge in [-0.25, -0.2) is 0 Å². The van der Waals surface area contributed by atoms with Gasteiger partial charge in [0.05, 0.1) is 0 Å². The Morgan fingerprint density at radius 2 is 2.13 bits per heavy atom. The van der Waals surface area contributed by atoms with Crippen molar-refractivity contribution in [1.82, 2.24) is 10.2 Å². The Bertz CT molecular complexity index is 346. The number of aromatic amines is 1. The summed E-state index contributed by atoms with van der Waals surface area (Å²) in [5, 5.41) is 5.73. The molecule has 0 saturated heterocycles. The number of H-pyrrole nitrogens is 1. The van der Waals surface area contributed by atoms with Crippen LogP contribution in [0.15, 0.2) is 6.07 Å². The van der Waals surface area contributed by atoms with Gasteiger partial charge in [-0.3, -0.25) is 5.10 Å². The number of hydrogen-bond acceptors (Lipinski definition) is 2. The molecule has 1 aliphatic rings. The van der Waals surface area contributed by atoms with Crippen LogP contribution in [0.1, 0.15) is 30.7 Å². The van der Waals surface area contributed by atoms with Crippen LogP contribution in [-0.4, -0.2) is 16.7 Å². The van der Waals surface area contributed by atoms with Gasteiger partial charge in [-0.1, -0.05) is 6.42 Å². The average Bonchev–Trinajstić information content (AvgIpc) is 2.51. The van der Waals surface area contributed by atoms with Crippen LogP contribution >= 0.6 is 0 Å². The summed E-state index contributed by atoms with van der Waals surface area (Å²) in [6.07, 6.45) is -1.70. The molecular weight excluding hydrogens is 207 g/mol. The van der Waals surface area contributed by atoms with Crippen LogP contribution in [-0.2, 0) is 11.6 Å². The van der Waals surface area contributed by atoms with Crippen LogP contribution in [0.4, 0.5) is 13.2 Å². The summed E-state index contributed by atoms with van der Waals surface area (Å²) in [4.78, 5) is 0. The third kappa shape index (κ3) is 1.62. The summed E-state index contributed by atoms with van der Waals surface area (Å²) in [5.74, 6) is 0. The Morgan fingerprint density at radius 3 is 2.47 bits per heavy atom. The third-order valence-corrected chi connectivity index (χ3v) is 3.14. The maximum absolute atomic E-state index is 12.3. The maximum atomic E-state index is 12.3. The molecule has 2 rings (SSSR count). The molecule has 6 heteroatoms. The van der Waals surface area contributed by atoms with Gasteiger partial charge in [-0.2, -0.15) is 18.3 Å². The van der Waals surface area contributed by atoms with Gasteiger partial charge in [-0.15, -0.1) is 0 Å². The van der Waals surface area contributed by atoms with Gasteiger partial charge in [0.2, 0.25) is 0 Å². The van der Waals surface area contributed by atoms with Gasteiger partial charge in [0.15, 0.2) is 5.69 Å². The predicted molar refractivity (Wildman–Crippen MR) is 48.2 cm³/mol. The molecule has 0 amide bonds. The SMILES string of the molecule is NCC1(c2cc(C(F)(F)F)n[nH]2)CCC1. The van der Waals surface area contributed by atoms with E-state index in [1.54, 1.807) is 0 Å². The van der Waals surface area contributed by atoms with Crippen molar-refractivity contribution in [2.45, 2.75) is 30.9 Å². The molecule has 0 spiro atoms. The van der Waals surface area contributed by atoms with Gasteiger partial charge >= 0.3 is 6.18 Å². The standard InChI is InChI=1S/C9H12F3N3/c10-9(11,12)7-4-6(14-15-7)8(5-13)2-1-3-8/h4H,1-3,5,13H2,(H,14,15). The number of nitrogens with one attached hydrogen (secondary N) is 1. The van der Waals surface area contributed by atoms with Gasteiger partial charge in [0.1, 0.15) is 0 Å². The molecule has 1 saturated carbocycles. The predicted octanol–water partition coefficient (Wildman–Crippen LogP) is 1.81. The first-order valence-electron chi connectivity index (χ1n) is 4.81. The maximum Gasteiger partial charge on any atom is 0.435 e. The minimum Gasteiger partial charge on any atom is -0.330 e. The van der Waals surface area contributed by atoms with E-state index in [1.165, 1.54) is 0 Å². The van der Waals surface area contributed by atoms with Crippen LogP contribution in [0, 0.1) is 0 Å². The average molecular weight is 219 g/mol. The molecule has 1 fully saturated rings. The number of alkyl halides is 3. The zero-order chi connectivity index (χ0) is 11.1. The Morgan fingerprint density at radius 1 is 1.47 bits per heavy atom. The minimum absolute atomic E-state index is 0.295. The van der Waals surface area contributed by atoms with Crippen molar-refractivity contribution in [3.63, 3.8) is 0 Å².